The molecule has 0 unspecified atom stereocenters. The Kier molecular flexibility index (Phi) is 6.31. The zero-order valence-electron chi connectivity index (χ0n) is 15.1. The Morgan fingerprint density at radius 1 is 1.12 bits per heavy atom. The topological polar surface area (TPSA) is 30.9 Å². The molecule has 1 heterocycles. The minimum absolute atomic E-state index is 0.144. The second kappa shape index (κ2) is 8.88. The largest absolute Gasteiger partial charge is 0.497 e. The standard InChI is InChI=1S/C21H27NO3/c1-22-12-13-24-20(15-22)16-25-21-9-4-3-7-18(21)11-10-17-6-5-8-19(14-17)23-2/h3-9,14,20H,10-13,15-16H2,1-2H3/t20-/m0/s1. The summed E-state index contributed by atoms with van der Waals surface area (Å²) in [6, 6.07) is 16.5. The Morgan fingerprint density at radius 2 is 2.00 bits per heavy atom. The number of nitrogens with zero attached hydrogens (tertiary/aromatic N) is 1. The molecule has 25 heavy (non-hydrogen) atoms. The summed E-state index contributed by atoms with van der Waals surface area (Å²) in [6.07, 6.45) is 2.04. The Labute approximate surface area is 150 Å². The van der Waals surface area contributed by atoms with Crippen molar-refractivity contribution in [2.24, 2.45) is 0 Å². The third-order valence-electron chi connectivity index (χ3n) is 4.56. The van der Waals surface area contributed by atoms with Gasteiger partial charge in [0.25, 0.3) is 0 Å². The van der Waals surface area contributed by atoms with Gasteiger partial charge in [-0.25, -0.2) is 0 Å². The number of para-hydroxylation sites is 1. The van der Waals surface area contributed by atoms with E-state index in [1.165, 1.54) is 11.1 Å². The third kappa shape index (κ3) is 5.21. The van der Waals surface area contributed by atoms with Crippen LogP contribution in [0.4, 0.5) is 0 Å². The molecule has 1 aliphatic rings. The van der Waals surface area contributed by atoms with Crippen LogP contribution in [0.15, 0.2) is 48.5 Å². The molecule has 0 amide bonds. The van der Waals surface area contributed by atoms with Crippen molar-refractivity contribution in [1.82, 2.24) is 4.90 Å². The molecule has 0 radical (unpaired) electrons. The lowest BCUT2D eigenvalue weighted by Gasteiger charge is -2.30. The van der Waals surface area contributed by atoms with E-state index in [0.29, 0.717) is 6.61 Å². The number of aryl methyl sites for hydroxylation is 2. The molecule has 134 valence electrons. The lowest BCUT2D eigenvalue weighted by Crippen LogP contribution is -2.42. The molecule has 0 aromatic heterocycles. The van der Waals surface area contributed by atoms with Gasteiger partial charge in [-0.05, 0) is 49.2 Å². The van der Waals surface area contributed by atoms with Crippen molar-refractivity contribution in [3.8, 4) is 11.5 Å². The second-order valence-electron chi connectivity index (χ2n) is 6.53. The van der Waals surface area contributed by atoms with Gasteiger partial charge in [0, 0.05) is 13.1 Å². The van der Waals surface area contributed by atoms with E-state index in [4.69, 9.17) is 14.2 Å². The van der Waals surface area contributed by atoms with Gasteiger partial charge in [0.05, 0.1) is 13.7 Å². The van der Waals surface area contributed by atoms with Gasteiger partial charge in [-0.3, -0.25) is 0 Å². The smallest absolute Gasteiger partial charge is 0.122 e. The lowest BCUT2D eigenvalue weighted by molar-refractivity contribution is -0.0404. The zero-order valence-corrected chi connectivity index (χ0v) is 15.1. The molecule has 0 spiro atoms. The van der Waals surface area contributed by atoms with Crippen molar-refractivity contribution in [1.29, 1.82) is 0 Å². The highest BCUT2D eigenvalue weighted by Crippen LogP contribution is 2.22. The van der Waals surface area contributed by atoms with Crippen LogP contribution in [-0.2, 0) is 17.6 Å². The summed E-state index contributed by atoms with van der Waals surface area (Å²) in [7, 11) is 3.82. The molecule has 1 saturated heterocycles. The maximum atomic E-state index is 6.08. The minimum atomic E-state index is 0.144. The SMILES string of the molecule is COc1cccc(CCc2ccccc2OC[C@@H]2CN(C)CCO2)c1. The van der Waals surface area contributed by atoms with Crippen LogP contribution in [0.1, 0.15) is 11.1 Å². The van der Waals surface area contributed by atoms with Gasteiger partial charge in [0.2, 0.25) is 0 Å². The molecule has 3 rings (SSSR count). The van der Waals surface area contributed by atoms with E-state index in [2.05, 4.69) is 36.2 Å². The fourth-order valence-corrected chi connectivity index (χ4v) is 3.11. The number of methoxy groups -OCH3 is 1. The van der Waals surface area contributed by atoms with Crippen molar-refractivity contribution in [2.45, 2.75) is 18.9 Å². The van der Waals surface area contributed by atoms with Gasteiger partial charge in [-0.1, -0.05) is 30.3 Å². The van der Waals surface area contributed by atoms with E-state index in [9.17, 15) is 0 Å². The van der Waals surface area contributed by atoms with Crippen molar-refractivity contribution in [3.63, 3.8) is 0 Å². The van der Waals surface area contributed by atoms with Crippen LogP contribution in [0.2, 0.25) is 0 Å². The molecule has 0 aliphatic carbocycles. The van der Waals surface area contributed by atoms with Crippen LogP contribution < -0.4 is 9.47 Å². The highest BCUT2D eigenvalue weighted by atomic mass is 16.5. The Hall–Kier alpha value is -2.04. The van der Waals surface area contributed by atoms with E-state index in [0.717, 1.165) is 44.0 Å². The molecule has 4 heteroatoms. The molecule has 1 aliphatic heterocycles. The first kappa shape index (κ1) is 17.8. The van der Waals surface area contributed by atoms with Gasteiger partial charge in [-0.15, -0.1) is 0 Å². The van der Waals surface area contributed by atoms with E-state index in [1.54, 1.807) is 7.11 Å². The first-order chi connectivity index (χ1) is 12.2. The molecule has 0 bridgehead atoms. The van der Waals surface area contributed by atoms with Gasteiger partial charge in [0.1, 0.15) is 24.2 Å². The van der Waals surface area contributed by atoms with Gasteiger partial charge < -0.3 is 19.1 Å². The third-order valence-corrected chi connectivity index (χ3v) is 4.56. The Bertz CT molecular complexity index is 674. The van der Waals surface area contributed by atoms with Crippen molar-refractivity contribution in [3.05, 3.63) is 59.7 Å². The highest BCUT2D eigenvalue weighted by molar-refractivity contribution is 5.35. The van der Waals surface area contributed by atoms with Crippen molar-refractivity contribution < 1.29 is 14.2 Å². The number of rotatable bonds is 7. The highest BCUT2D eigenvalue weighted by Gasteiger charge is 2.18. The second-order valence-corrected chi connectivity index (χ2v) is 6.53. The number of hydrogen-bond donors (Lipinski definition) is 0. The number of morpholine rings is 1. The van der Waals surface area contributed by atoms with Gasteiger partial charge in [0.15, 0.2) is 0 Å². The van der Waals surface area contributed by atoms with E-state index < -0.39 is 0 Å². The zero-order chi connectivity index (χ0) is 17.5. The summed E-state index contributed by atoms with van der Waals surface area (Å²) in [6.45, 7) is 3.29. The van der Waals surface area contributed by atoms with Gasteiger partial charge in [-0.2, -0.15) is 0 Å². The van der Waals surface area contributed by atoms with E-state index in [-0.39, 0.29) is 6.10 Å². The van der Waals surface area contributed by atoms with Crippen LogP contribution in [0.25, 0.3) is 0 Å². The van der Waals surface area contributed by atoms with Crippen molar-refractivity contribution in [2.75, 3.05) is 40.5 Å². The molecule has 1 atom stereocenters. The van der Waals surface area contributed by atoms with Crippen LogP contribution in [0.5, 0.6) is 11.5 Å². The lowest BCUT2D eigenvalue weighted by atomic mass is 10.0. The average Bonchev–Trinajstić information content (AvgIpc) is 2.65. The molecule has 4 nitrogen and oxygen atoms in total. The number of likely N-dealkylation sites (N-methyl/N-ethyl adjacent to an activating group) is 1. The van der Waals surface area contributed by atoms with E-state index >= 15 is 0 Å². The fourth-order valence-electron chi connectivity index (χ4n) is 3.11. The first-order valence-electron chi connectivity index (χ1n) is 8.88. The predicted octanol–water partition coefficient (Wildman–Crippen LogP) is 3.19. The Morgan fingerprint density at radius 3 is 2.84 bits per heavy atom. The fraction of sp³-hybridized carbons (Fsp3) is 0.429. The maximum absolute atomic E-state index is 6.08. The summed E-state index contributed by atoms with van der Waals surface area (Å²) < 4.78 is 17.2. The summed E-state index contributed by atoms with van der Waals surface area (Å²) in [5.74, 6) is 1.86. The quantitative estimate of drug-likeness (QED) is 0.774. The van der Waals surface area contributed by atoms with Crippen LogP contribution in [0, 0.1) is 0 Å². The number of ether oxygens (including phenoxy) is 3. The molecule has 2 aromatic carbocycles. The monoisotopic (exact) mass is 341 g/mol. The van der Waals surface area contributed by atoms with Crippen LogP contribution in [0.3, 0.4) is 0 Å². The van der Waals surface area contributed by atoms with Crippen molar-refractivity contribution >= 4 is 0 Å². The normalized spacial score (nSPS) is 18.1. The summed E-state index contributed by atoms with van der Waals surface area (Å²) in [5.41, 5.74) is 2.50. The first-order valence-corrected chi connectivity index (χ1v) is 8.88. The number of hydrogen-bond acceptors (Lipinski definition) is 4. The van der Waals surface area contributed by atoms with Gasteiger partial charge >= 0.3 is 0 Å². The maximum Gasteiger partial charge on any atom is 0.122 e. The average molecular weight is 341 g/mol. The van der Waals surface area contributed by atoms with Crippen LogP contribution >= 0.6 is 0 Å². The summed E-state index contributed by atoms with van der Waals surface area (Å²) in [4.78, 5) is 2.28. The molecular weight excluding hydrogens is 314 g/mol. The van der Waals surface area contributed by atoms with E-state index in [1.807, 2.05) is 24.3 Å². The molecule has 1 fully saturated rings. The minimum Gasteiger partial charge on any atom is -0.497 e. The number of benzene rings is 2. The molecule has 0 saturated carbocycles. The molecular formula is C21H27NO3. The Balaban J connectivity index is 1.58. The summed E-state index contributed by atoms with van der Waals surface area (Å²) >= 11 is 0. The van der Waals surface area contributed by atoms with Crippen LogP contribution in [-0.4, -0.2) is 51.5 Å². The molecule has 0 N–H and O–H groups in total. The predicted molar refractivity (Wildman–Crippen MR) is 99.6 cm³/mol. The summed E-state index contributed by atoms with van der Waals surface area (Å²) in [5, 5.41) is 0. The molecule has 2 aromatic rings.